The summed E-state index contributed by atoms with van der Waals surface area (Å²) < 4.78 is 2.15. The second-order valence-electron chi connectivity index (χ2n) is 6.08. The van der Waals surface area contributed by atoms with Gasteiger partial charge in [-0.3, -0.25) is 0 Å². The standard InChI is InChI=1S/C14H25N3.C3H8.C2H6/c1-4-7-12(8-5-2)13-15-14-11(3)9-6-10-17(14)16-13;1-3-2;1-2/h11-12H,4-10H2,1-3H3;3H2,1-2H3;1-2H3. The van der Waals surface area contributed by atoms with Crippen molar-refractivity contribution in [2.24, 2.45) is 0 Å². The molecule has 2 heterocycles. The monoisotopic (exact) mass is 309 g/mol. The summed E-state index contributed by atoms with van der Waals surface area (Å²) in [6, 6.07) is 0. The molecule has 0 fully saturated rings. The first-order chi connectivity index (χ1) is 10.7. The molecule has 1 aliphatic heterocycles. The van der Waals surface area contributed by atoms with Crippen molar-refractivity contribution in [2.75, 3.05) is 0 Å². The summed E-state index contributed by atoms with van der Waals surface area (Å²) >= 11 is 0. The molecule has 3 nitrogen and oxygen atoms in total. The van der Waals surface area contributed by atoms with E-state index in [4.69, 9.17) is 10.1 Å². The number of fused-ring (bicyclic) bond motifs is 1. The molecular weight excluding hydrogens is 270 g/mol. The summed E-state index contributed by atoms with van der Waals surface area (Å²) in [5, 5.41) is 4.74. The van der Waals surface area contributed by atoms with Gasteiger partial charge < -0.3 is 0 Å². The molecule has 0 N–H and O–H groups in total. The maximum Gasteiger partial charge on any atom is 0.154 e. The third-order valence-corrected chi connectivity index (χ3v) is 3.80. The maximum atomic E-state index is 4.82. The molecule has 0 aliphatic carbocycles. The minimum Gasteiger partial charge on any atom is -0.250 e. The fourth-order valence-electron chi connectivity index (χ4n) is 2.85. The van der Waals surface area contributed by atoms with Crippen molar-refractivity contribution in [1.82, 2.24) is 14.8 Å². The Kier molecular flexibility index (Phi) is 12.2. The van der Waals surface area contributed by atoms with Crippen LogP contribution in [0.4, 0.5) is 0 Å². The summed E-state index contributed by atoms with van der Waals surface area (Å²) in [4.78, 5) is 4.82. The summed E-state index contributed by atoms with van der Waals surface area (Å²) in [6.45, 7) is 16.1. The van der Waals surface area contributed by atoms with Crippen LogP contribution in [0.5, 0.6) is 0 Å². The van der Waals surface area contributed by atoms with Gasteiger partial charge in [0.1, 0.15) is 5.82 Å². The quantitative estimate of drug-likeness (QED) is 0.638. The van der Waals surface area contributed by atoms with Gasteiger partial charge in [0.15, 0.2) is 5.82 Å². The molecule has 1 unspecified atom stereocenters. The van der Waals surface area contributed by atoms with Gasteiger partial charge in [0, 0.05) is 18.4 Å². The second-order valence-corrected chi connectivity index (χ2v) is 6.08. The highest BCUT2D eigenvalue weighted by Crippen LogP contribution is 2.29. The zero-order chi connectivity index (χ0) is 17.0. The molecular formula is C19H39N3. The van der Waals surface area contributed by atoms with Crippen LogP contribution in [0.2, 0.25) is 0 Å². The SMILES string of the molecule is CC.CCC.CCCC(CCC)c1nc2n(n1)CCCC2C. The average Bonchev–Trinajstić information content (AvgIpc) is 2.95. The first-order valence-electron chi connectivity index (χ1n) is 9.62. The van der Waals surface area contributed by atoms with Crippen LogP contribution in [0, 0.1) is 0 Å². The predicted molar refractivity (Wildman–Crippen MR) is 97.5 cm³/mol. The van der Waals surface area contributed by atoms with Gasteiger partial charge in [-0.2, -0.15) is 5.10 Å². The smallest absolute Gasteiger partial charge is 0.154 e. The van der Waals surface area contributed by atoms with E-state index >= 15 is 0 Å². The molecule has 0 aromatic carbocycles. The summed E-state index contributed by atoms with van der Waals surface area (Å²) in [6.07, 6.45) is 8.68. The Balaban J connectivity index is 0.000000789. The lowest BCUT2D eigenvalue weighted by molar-refractivity contribution is 0.429. The third-order valence-electron chi connectivity index (χ3n) is 3.80. The van der Waals surface area contributed by atoms with Crippen molar-refractivity contribution in [3.8, 4) is 0 Å². The number of aryl methyl sites for hydroxylation is 1. The van der Waals surface area contributed by atoms with E-state index in [1.165, 1.54) is 50.8 Å². The van der Waals surface area contributed by atoms with Gasteiger partial charge in [-0.05, 0) is 25.7 Å². The molecule has 0 amide bonds. The highest BCUT2D eigenvalue weighted by molar-refractivity contribution is 5.05. The van der Waals surface area contributed by atoms with Crippen LogP contribution >= 0.6 is 0 Å². The highest BCUT2D eigenvalue weighted by Gasteiger charge is 2.23. The van der Waals surface area contributed by atoms with Crippen LogP contribution in [0.25, 0.3) is 0 Å². The number of rotatable bonds is 5. The second kappa shape index (κ2) is 12.7. The van der Waals surface area contributed by atoms with Crippen LogP contribution < -0.4 is 0 Å². The molecule has 0 radical (unpaired) electrons. The molecule has 2 rings (SSSR count). The average molecular weight is 310 g/mol. The topological polar surface area (TPSA) is 30.7 Å². The molecule has 0 saturated heterocycles. The lowest BCUT2D eigenvalue weighted by Crippen LogP contribution is -2.14. The highest BCUT2D eigenvalue weighted by atomic mass is 15.4. The third kappa shape index (κ3) is 6.50. The number of aromatic nitrogens is 3. The largest absolute Gasteiger partial charge is 0.250 e. The number of hydrogen-bond donors (Lipinski definition) is 0. The molecule has 22 heavy (non-hydrogen) atoms. The molecule has 1 aromatic rings. The van der Waals surface area contributed by atoms with Crippen molar-refractivity contribution in [3.05, 3.63) is 11.6 Å². The Morgan fingerprint density at radius 2 is 1.64 bits per heavy atom. The molecule has 0 bridgehead atoms. The minimum absolute atomic E-state index is 0.579. The Morgan fingerprint density at radius 1 is 1.09 bits per heavy atom. The zero-order valence-corrected chi connectivity index (χ0v) is 16.2. The molecule has 3 heteroatoms. The number of hydrogen-bond acceptors (Lipinski definition) is 2. The normalized spacial score (nSPS) is 16.3. The van der Waals surface area contributed by atoms with Crippen molar-refractivity contribution < 1.29 is 0 Å². The fourth-order valence-corrected chi connectivity index (χ4v) is 2.85. The van der Waals surface area contributed by atoms with Crippen LogP contribution in [-0.2, 0) is 6.54 Å². The molecule has 1 aromatic heterocycles. The van der Waals surface area contributed by atoms with Crippen LogP contribution in [-0.4, -0.2) is 14.8 Å². The van der Waals surface area contributed by atoms with Crippen LogP contribution in [0.1, 0.15) is 117 Å². The zero-order valence-electron chi connectivity index (χ0n) is 16.2. The first kappa shape index (κ1) is 21.1. The maximum absolute atomic E-state index is 4.82. The van der Waals surface area contributed by atoms with E-state index in [1.807, 2.05) is 13.8 Å². The molecule has 1 aliphatic rings. The summed E-state index contributed by atoms with van der Waals surface area (Å²) in [7, 11) is 0. The van der Waals surface area contributed by atoms with E-state index in [1.54, 1.807) is 0 Å². The predicted octanol–water partition coefficient (Wildman–Crippen LogP) is 6.30. The fraction of sp³-hybridized carbons (Fsp3) is 0.895. The van der Waals surface area contributed by atoms with Crippen LogP contribution in [0.3, 0.4) is 0 Å². The first-order valence-corrected chi connectivity index (χ1v) is 9.62. The van der Waals surface area contributed by atoms with Gasteiger partial charge in [0.2, 0.25) is 0 Å². The van der Waals surface area contributed by atoms with Crippen molar-refractivity contribution >= 4 is 0 Å². The lowest BCUT2D eigenvalue weighted by Gasteiger charge is -2.17. The Labute approximate surface area is 138 Å². The van der Waals surface area contributed by atoms with Gasteiger partial charge in [-0.15, -0.1) is 0 Å². The van der Waals surface area contributed by atoms with Crippen molar-refractivity contribution in [2.45, 2.75) is 112 Å². The number of nitrogens with zero attached hydrogens (tertiary/aromatic N) is 3. The van der Waals surface area contributed by atoms with Gasteiger partial charge in [-0.1, -0.05) is 67.7 Å². The Morgan fingerprint density at radius 3 is 2.09 bits per heavy atom. The van der Waals surface area contributed by atoms with E-state index < -0.39 is 0 Å². The van der Waals surface area contributed by atoms with E-state index in [0.29, 0.717) is 11.8 Å². The molecule has 0 spiro atoms. The Hall–Kier alpha value is -0.860. The van der Waals surface area contributed by atoms with Crippen molar-refractivity contribution in [1.29, 1.82) is 0 Å². The molecule has 1 atom stereocenters. The summed E-state index contributed by atoms with van der Waals surface area (Å²) in [5.74, 6) is 3.50. The minimum atomic E-state index is 0.579. The van der Waals surface area contributed by atoms with E-state index in [2.05, 4.69) is 39.3 Å². The molecule has 130 valence electrons. The molecule has 0 saturated carbocycles. The van der Waals surface area contributed by atoms with Gasteiger partial charge in [0.05, 0.1) is 0 Å². The Bertz CT molecular complexity index is 365. The van der Waals surface area contributed by atoms with E-state index in [-0.39, 0.29) is 0 Å². The van der Waals surface area contributed by atoms with E-state index in [9.17, 15) is 0 Å². The van der Waals surface area contributed by atoms with Gasteiger partial charge in [-0.25, -0.2) is 9.67 Å². The van der Waals surface area contributed by atoms with E-state index in [0.717, 1.165) is 12.4 Å². The summed E-state index contributed by atoms with van der Waals surface area (Å²) in [5.41, 5.74) is 0. The van der Waals surface area contributed by atoms with Crippen LogP contribution in [0.15, 0.2) is 0 Å². The van der Waals surface area contributed by atoms with Gasteiger partial charge >= 0.3 is 0 Å². The van der Waals surface area contributed by atoms with Gasteiger partial charge in [0.25, 0.3) is 0 Å². The lowest BCUT2D eigenvalue weighted by atomic mass is 9.97. The van der Waals surface area contributed by atoms with Crippen molar-refractivity contribution in [3.63, 3.8) is 0 Å².